The molecule has 0 bridgehead atoms. The monoisotopic (exact) mass is 199 g/mol. The van der Waals surface area contributed by atoms with Crippen molar-refractivity contribution in [1.29, 1.82) is 0 Å². The second kappa shape index (κ2) is 6.02. The molecule has 1 aliphatic carbocycles. The number of nitrogens with one attached hydrogen (secondary N) is 1. The van der Waals surface area contributed by atoms with Gasteiger partial charge in [-0.15, -0.1) is 0 Å². The van der Waals surface area contributed by atoms with Crippen LogP contribution in [0.2, 0.25) is 0 Å². The van der Waals surface area contributed by atoms with E-state index < -0.39 is 0 Å². The predicted molar refractivity (Wildman–Crippen MR) is 56.1 cm³/mol. The Kier molecular flexibility index (Phi) is 4.94. The highest BCUT2D eigenvalue weighted by atomic mass is 16.5. The maximum absolute atomic E-state index is 11.4. The lowest BCUT2D eigenvalue weighted by Crippen LogP contribution is -2.42. The van der Waals surface area contributed by atoms with Gasteiger partial charge in [0, 0.05) is 12.6 Å². The van der Waals surface area contributed by atoms with E-state index in [0.717, 1.165) is 6.42 Å². The molecule has 0 radical (unpaired) electrons. The highest BCUT2D eigenvalue weighted by Gasteiger charge is 2.22. The first-order chi connectivity index (χ1) is 6.74. The van der Waals surface area contributed by atoms with Crippen molar-refractivity contribution in [3.63, 3.8) is 0 Å². The van der Waals surface area contributed by atoms with Crippen LogP contribution in [0.4, 0.5) is 0 Å². The summed E-state index contributed by atoms with van der Waals surface area (Å²) in [5.74, 6) is 0.653. The van der Waals surface area contributed by atoms with Crippen LogP contribution in [0.3, 0.4) is 0 Å². The highest BCUT2D eigenvalue weighted by molar-refractivity contribution is 5.77. The van der Waals surface area contributed by atoms with Gasteiger partial charge in [-0.3, -0.25) is 4.79 Å². The molecule has 0 heterocycles. The fraction of sp³-hybridized carbons (Fsp3) is 0.909. The van der Waals surface area contributed by atoms with Gasteiger partial charge in [0.1, 0.15) is 6.61 Å². The van der Waals surface area contributed by atoms with Crippen LogP contribution in [0.5, 0.6) is 0 Å². The molecule has 2 unspecified atom stereocenters. The molecular weight excluding hydrogens is 178 g/mol. The largest absolute Gasteiger partial charge is 0.372 e. The smallest absolute Gasteiger partial charge is 0.246 e. The quantitative estimate of drug-likeness (QED) is 0.748. The molecule has 14 heavy (non-hydrogen) atoms. The summed E-state index contributed by atoms with van der Waals surface area (Å²) in [6, 6.07) is 0.372. The van der Waals surface area contributed by atoms with Gasteiger partial charge < -0.3 is 10.1 Å². The summed E-state index contributed by atoms with van der Waals surface area (Å²) in [4.78, 5) is 11.4. The summed E-state index contributed by atoms with van der Waals surface area (Å²) in [6.45, 7) is 4.93. The van der Waals surface area contributed by atoms with Crippen LogP contribution in [0, 0.1) is 5.92 Å². The third-order valence-electron chi connectivity index (χ3n) is 2.90. The number of ether oxygens (including phenoxy) is 1. The van der Waals surface area contributed by atoms with Crippen LogP contribution in [-0.4, -0.2) is 25.2 Å². The molecule has 0 aromatic rings. The summed E-state index contributed by atoms with van der Waals surface area (Å²) >= 11 is 0. The molecule has 0 saturated heterocycles. The molecule has 0 aromatic carbocycles. The fourth-order valence-corrected chi connectivity index (χ4v) is 1.97. The van der Waals surface area contributed by atoms with Gasteiger partial charge in [0.15, 0.2) is 0 Å². The third kappa shape index (κ3) is 3.66. The van der Waals surface area contributed by atoms with E-state index >= 15 is 0 Å². The lowest BCUT2D eigenvalue weighted by molar-refractivity contribution is -0.126. The van der Waals surface area contributed by atoms with Gasteiger partial charge in [-0.25, -0.2) is 0 Å². The lowest BCUT2D eigenvalue weighted by atomic mass is 9.86. The van der Waals surface area contributed by atoms with Crippen molar-refractivity contribution < 1.29 is 9.53 Å². The van der Waals surface area contributed by atoms with Crippen molar-refractivity contribution in [1.82, 2.24) is 5.32 Å². The van der Waals surface area contributed by atoms with Crippen molar-refractivity contribution >= 4 is 5.91 Å². The fourth-order valence-electron chi connectivity index (χ4n) is 1.97. The maximum atomic E-state index is 11.4. The Morgan fingerprint density at radius 2 is 2.14 bits per heavy atom. The Labute approximate surface area is 86.2 Å². The van der Waals surface area contributed by atoms with Crippen molar-refractivity contribution in [3.8, 4) is 0 Å². The molecule has 1 saturated carbocycles. The molecule has 1 amide bonds. The average Bonchev–Trinajstić information content (AvgIpc) is 2.18. The molecule has 3 heteroatoms. The van der Waals surface area contributed by atoms with E-state index in [0.29, 0.717) is 18.6 Å². The second-order valence-electron chi connectivity index (χ2n) is 4.07. The lowest BCUT2D eigenvalue weighted by Gasteiger charge is -2.29. The molecule has 0 aromatic heterocycles. The highest BCUT2D eigenvalue weighted by Crippen LogP contribution is 2.23. The van der Waals surface area contributed by atoms with Crippen LogP contribution in [0.1, 0.15) is 39.5 Å². The first kappa shape index (κ1) is 11.5. The van der Waals surface area contributed by atoms with Gasteiger partial charge in [-0.2, -0.15) is 0 Å². The summed E-state index contributed by atoms with van der Waals surface area (Å²) < 4.78 is 5.06. The minimum absolute atomic E-state index is 0.0330. The summed E-state index contributed by atoms with van der Waals surface area (Å²) in [5, 5.41) is 3.04. The Hall–Kier alpha value is -0.570. The summed E-state index contributed by atoms with van der Waals surface area (Å²) in [7, 11) is 0. The standard InChI is InChI=1S/C11H21NO2/c1-3-14-8-11(13)12-10-7-5-4-6-9(10)2/h9-10H,3-8H2,1-2H3,(H,12,13). The van der Waals surface area contributed by atoms with E-state index in [2.05, 4.69) is 12.2 Å². The van der Waals surface area contributed by atoms with Crippen LogP contribution in [0.15, 0.2) is 0 Å². The Morgan fingerprint density at radius 3 is 2.79 bits per heavy atom. The molecule has 1 fully saturated rings. The molecule has 2 atom stereocenters. The minimum atomic E-state index is 0.0330. The van der Waals surface area contributed by atoms with E-state index in [1.807, 2.05) is 6.92 Å². The normalized spacial score (nSPS) is 27.3. The predicted octanol–water partition coefficient (Wildman–Crippen LogP) is 1.72. The van der Waals surface area contributed by atoms with Crippen LogP contribution >= 0.6 is 0 Å². The van der Waals surface area contributed by atoms with Gasteiger partial charge >= 0.3 is 0 Å². The third-order valence-corrected chi connectivity index (χ3v) is 2.90. The SMILES string of the molecule is CCOCC(=O)NC1CCCCC1C. The number of hydrogen-bond acceptors (Lipinski definition) is 2. The summed E-state index contributed by atoms with van der Waals surface area (Å²) in [5.41, 5.74) is 0. The van der Waals surface area contributed by atoms with Gasteiger partial charge in [0.05, 0.1) is 0 Å². The van der Waals surface area contributed by atoms with E-state index in [-0.39, 0.29) is 12.5 Å². The molecule has 1 aliphatic rings. The molecule has 3 nitrogen and oxygen atoms in total. The Morgan fingerprint density at radius 1 is 1.43 bits per heavy atom. The van der Waals surface area contributed by atoms with Gasteiger partial charge in [-0.1, -0.05) is 19.8 Å². The van der Waals surface area contributed by atoms with Gasteiger partial charge in [0.25, 0.3) is 0 Å². The minimum Gasteiger partial charge on any atom is -0.372 e. The van der Waals surface area contributed by atoms with Crippen LogP contribution in [-0.2, 0) is 9.53 Å². The zero-order chi connectivity index (χ0) is 10.4. The van der Waals surface area contributed by atoms with Crippen LogP contribution in [0.25, 0.3) is 0 Å². The number of hydrogen-bond donors (Lipinski definition) is 1. The Balaban J connectivity index is 2.23. The average molecular weight is 199 g/mol. The van der Waals surface area contributed by atoms with E-state index in [1.54, 1.807) is 0 Å². The van der Waals surface area contributed by atoms with Gasteiger partial charge in [0.2, 0.25) is 5.91 Å². The molecular formula is C11H21NO2. The molecule has 82 valence electrons. The van der Waals surface area contributed by atoms with Crippen molar-refractivity contribution in [3.05, 3.63) is 0 Å². The molecule has 1 rings (SSSR count). The van der Waals surface area contributed by atoms with E-state index in [1.165, 1.54) is 19.3 Å². The number of carbonyl (C=O) groups is 1. The van der Waals surface area contributed by atoms with Crippen LogP contribution < -0.4 is 5.32 Å². The molecule has 0 spiro atoms. The topological polar surface area (TPSA) is 38.3 Å². The van der Waals surface area contributed by atoms with Gasteiger partial charge in [-0.05, 0) is 25.7 Å². The first-order valence-corrected chi connectivity index (χ1v) is 5.61. The Bertz CT molecular complexity index is 182. The molecule has 0 aliphatic heterocycles. The van der Waals surface area contributed by atoms with Crippen molar-refractivity contribution in [2.75, 3.05) is 13.2 Å². The number of carbonyl (C=O) groups excluding carboxylic acids is 1. The zero-order valence-electron chi connectivity index (χ0n) is 9.21. The first-order valence-electron chi connectivity index (χ1n) is 5.61. The van der Waals surface area contributed by atoms with E-state index in [9.17, 15) is 4.79 Å². The second-order valence-corrected chi connectivity index (χ2v) is 4.07. The molecule has 1 N–H and O–H groups in total. The van der Waals surface area contributed by atoms with E-state index in [4.69, 9.17) is 4.74 Å². The van der Waals surface area contributed by atoms with Crippen molar-refractivity contribution in [2.24, 2.45) is 5.92 Å². The summed E-state index contributed by atoms with van der Waals surface area (Å²) in [6.07, 6.45) is 4.90. The van der Waals surface area contributed by atoms with Crippen molar-refractivity contribution in [2.45, 2.75) is 45.6 Å². The maximum Gasteiger partial charge on any atom is 0.246 e. The number of amides is 1. The number of rotatable bonds is 4. The zero-order valence-corrected chi connectivity index (χ0v) is 9.21.